The Morgan fingerprint density at radius 3 is 1.00 bits per heavy atom. The SMILES string of the molecule is C[SiH]C.Cc1cc[c-](C)c1C.Cc1cc[c-](C)c1C.[Br-].[Br-].[Zr+4]. The van der Waals surface area contributed by atoms with E-state index < -0.39 is 0 Å². The van der Waals surface area contributed by atoms with Gasteiger partial charge in [-0.2, -0.15) is 45.5 Å². The van der Waals surface area contributed by atoms with Crippen molar-refractivity contribution in [2.45, 2.75) is 54.6 Å². The van der Waals surface area contributed by atoms with Crippen molar-refractivity contribution in [1.82, 2.24) is 0 Å². The van der Waals surface area contributed by atoms with E-state index in [1.165, 1.54) is 33.4 Å². The van der Waals surface area contributed by atoms with E-state index in [1.54, 1.807) is 0 Å². The van der Waals surface area contributed by atoms with Gasteiger partial charge >= 0.3 is 26.2 Å². The molecular weight excluding hydrogens is 495 g/mol. The zero-order valence-corrected chi connectivity index (χ0v) is 21.9. The quantitative estimate of drug-likeness (QED) is 0.313. The first-order valence-electron chi connectivity index (χ1n) is 6.98. The van der Waals surface area contributed by atoms with Crippen LogP contribution < -0.4 is 34.0 Å². The van der Waals surface area contributed by atoms with Gasteiger partial charge in [0.2, 0.25) is 0 Å². The van der Waals surface area contributed by atoms with Crippen LogP contribution in [0.4, 0.5) is 0 Å². The van der Waals surface area contributed by atoms with E-state index in [4.69, 9.17) is 0 Å². The summed E-state index contributed by atoms with van der Waals surface area (Å²) in [5, 5.41) is 0. The van der Waals surface area contributed by atoms with Gasteiger partial charge in [0.15, 0.2) is 0 Å². The molecule has 0 spiro atoms. The van der Waals surface area contributed by atoms with Crippen molar-refractivity contribution in [3.63, 3.8) is 0 Å². The van der Waals surface area contributed by atoms with Crippen LogP contribution >= 0.6 is 0 Å². The first-order chi connectivity index (χ1) is 8.84. The van der Waals surface area contributed by atoms with Crippen LogP contribution in [0.1, 0.15) is 33.4 Å². The molecule has 0 saturated heterocycles. The molecule has 0 aliphatic heterocycles. The predicted octanol–water partition coefficient (Wildman–Crippen LogP) is -0.814. The molecule has 1 radical (unpaired) electrons. The van der Waals surface area contributed by atoms with Crippen LogP contribution in [-0.4, -0.2) is 9.52 Å². The van der Waals surface area contributed by atoms with Crippen molar-refractivity contribution in [2.24, 2.45) is 0 Å². The number of rotatable bonds is 0. The van der Waals surface area contributed by atoms with E-state index in [2.05, 4.69) is 78.9 Å². The Kier molecular flexibility index (Phi) is 23.1. The second-order valence-electron chi connectivity index (χ2n) is 5.23. The molecule has 4 heteroatoms. The maximum Gasteiger partial charge on any atom is 4.00 e. The fraction of sp³-hybridized carbons (Fsp3) is 0.444. The minimum absolute atomic E-state index is 0. The Morgan fingerprint density at radius 1 is 0.727 bits per heavy atom. The molecule has 0 unspecified atom stereocenters. The van der Waals surface area contributed by atoms with Gasteiger partial charge in [0.1, 0.15) is 0 Å². The third-order valence-electron chi connectivity index (χ3n) is 3.53. The normalized spacial score (nSPS) is 8.00. The fourth-order valence-electron chi connectivity index (χ4n) is 1.62. The molecule has 0 nitrogen and oxygen atoms in total. The second-order valence-corrected chi connectivity index (χ2v) is 6.38. The molecule has 2 rings (SSSR count). The molecular formula is C18H29Br2SiZr. The van der Waals surface area contributed by atoms with E-state index >= 15 is 0 Å². The largest absolute Gasteiger partial charge is 4.00 e. The smallest absolute Gasteiger partial charge is 1.00 e. The van der Waals surface area contributed by atoms with Crippen molar-refractivity contribution in [3.05, 3.63) is 57.6 Å². The van der Waals surface area contributed by atoms with Crippen molar-refractivity contribution in [1.29, 1.82) is 0 Å². The third kappa shape index (κ3) is 11.3. The minimum atomic E-state index is 0. The molecule has 0 fully saturated rings. The van der Waals surface area contributed by atoms with Gasteiger partial charge in [0, 0.05) is 9.52 Å². The summed E-state index contributed by atoms with van der Waals surface area (Å²) in [4.78, 5) is 0. The molecule has 0 aliphatic rings. The summed E-state index contributed by atoms with van der Waals surface area (Å²) in [6.45, 7) is 17.3. The van der Waals surface area contributed by atoms with Gasteiger partial charge in [-0.1, -0.05) is 54.6 Å². The summed E-state index contributed by atoms with van der Waals surface area (Å²) in [6.07, 6.45) is 0. The van der Waals surface area contributed by atoms with Crippen LogP contribution in [0.25, 0.3) is 0 Å². The molecule has 0 saturated carbocycles. The van der Waals surface area contributed by atoms with Crippen LogP contribution in [0.3, 0.4) is 0 Å². The Hall–Kier alpha value is 0.760. The van der Waals surface area contributed by atoms with E-state index in [0.717, 1.165) is 9.52 Å². The monoisotopic (exact) mass is 521 g/mol. The van der Waals surface area contributed by atoms with Gasteiger partial charge in [0.25, 0.3) is 0 Å². The summed E-state index contributed by atoms with van der Waals surface area (Å²) in [7, 11) is 0.750. The minimum Gasteiger partial charge on any atom is -1.00 e. The average molecular weight is 525 g/mol. The van der Waals surface area contributed by atoms with E-state index in [9.17, 15) is 0 Å². The molecule has 22 heavy (non-hydrogen) atoms. The van der Waals surface area contributed by atoms with Gasteiger partial charge in [-0.15, -0.1) is 0 Å². The Balaban J connectivity index is -0.000000112. The van der Waals surface area contributed by atoms with Crippen molar-refractivity contribution >= 4 is 9.52 Å². The van der Waals surface area contributed by atoms with E-state index in [0.29, 0.717) is 0 Å². The van der Waals surface area contributed by atoms with Crippen LogP contribution in [0.5, 0.6) is 0 Å². The van der Waals surface area contributed by atoms with Crippen molar-refractivity contribution in [3.8, 4) is 0 Å². The van der Waals surface area contributed by atoms with Gasteiger partial charge in [-0.05, 0) is 0 Å². The van der Waals surface area contributed by atoms with Gasteiger partial charge in [-0.25, -0.2) is 12.1 Å². The van der Waals surface area contributed by atoms with E-state index in [-0.39, 0.29) is 60.2 Å². The molecule has 0 bridgehead atoms. The molecule has 0 N–H and O–H groups in total. The average Bonchev–Trinajstić information content (AvgIpc) is 2.82. The van der Waals surface area contributed by atoms with E-state index in [1.807, 2.05) is 0 Å². The number of hydrogen-bond donors (Lipinski definition) is 0. The molecule has 123 valence electrons. The molecule has 0 heterocycles. The third-order valence-corrected chi connectivity index (χ3v) is 3.53. The summed E-state index contributed by atoms with van der Waals surface area (Å²) in [5.74, 6) is 0. The molecule has 2 aromatic rings. The zero-order valence-electron chi connectivity index (χ0n) is 15.1. The Labute approximate surface area is 180 Å². The molecule has 0 atom stereocenters. The summed E-state index contributed by atoms with van der Waals surface area (Å²) in [6, 6.07) is 8.63. The first kappa shape index (κ1) is 30.6. The topological polar surface area (TPSA) is 0 Å². The Bertz CT molecular complexity index is 404. The standard InChI is InChI=1S/2C8H11.C2H7Si.2BrH.Zr/c2*1-6-4-5-7(2)8(6)3;1-3-2;;;/h2*4-5H,1-3H3;3H,1-2H3;2*1H;/q2*-1;;;;+4/p-2. The van der Waals surface area contributed by atoms with Gasteiger partial charge in [-0.3, -0.25) is 0 Å². The van der Waals surface area contributed by atoms with Crippen LogP contribution in [-0.2, 0) is 26.2 Å². The van der Waals surface area contributed by atoms with Crippen LogP contribution in [0.15, 0.2) is 24.3 Å². The Morgan fingerprint density at radius 2 is 0.955 bits per heavy atom. The molecule has 0 aliphatic carbocycles. The number of aryl methyl sites for hydroxylation is 4. The fourth-order valence-corrected chi connectivity index (χ4v) is 1.62. The van der Waals surface area contributed by atoms with Crippen molar-refractivity contribution in [2.75, 3.05) is 0 Å². The number of hydrogen-bond acceptors (Lipinski definition) is 0. The van der Waals surface area contributed by atoms with Gasteiger partial charge < -0.3 is 34.0 Å². The zero-order chi connectivity index (χ0) is 15.0. The first-order valence-corrected chi connectivity index (χ1v) is 9.29. The second kappa shape index (κ2) is 16.6. The molecule has 0 aromatic heterocycles. The molecule has 2 aromatic carbocycles. The predicted molar refractivity (Wildman–Crippen MR) is 91.4 cm³/mol. The summed E-state index contributed by atoms with van der Waals surface area (Å²) < 4.78 is 0. The number of halogens is 2. The maximum atomic E-state index is 2.21. The summed E-state index contributed by atoms with van der Waals surface area (Å²) in [5.41, 5.74) is 8.49. The van der Waals surface area contributed by atoms with Crippen LogP contribution in [0, 0.1) is 41.5 Å². The van der Waals surface area contributed by atoms with Crippen LogP contribution in [0.2, 0.25) is 13.1 Å². The molecule has 0 amide bonds. The van der Waals surface area contributed by atoms with Crippen molar-refractivity contribution < 1.29 is 60.2 Å². The maximum absolute atomic E-state index is 2.21. The summed E-state index contributed by atoms with van der Waals surface area (Å²) >= 11 is 0. The van der Waals surface area contributed by atoms with Gasteiger partial charge in [0.05, 0.1) is 0 Å².